The zero-order chi connectivity index (χ0) is 8.28. The summed E-state index contributed by atoms with van der Waals surface area (Å²) in [6.07, 6.45) is 13.9. The average Bonchev–Trinajstić information content (AvgIpc) is 2.47. The van der Waals surface area contributed by atoms with E-state index in [2.05, 4.69) is 12.2 Å². The summed E-state index contributed by atoms with van der Waals surface area (Å²) in [6, 6.07) is 0. The third-order valence-corrected chi connectivity index (χ3v) is 3.09. The van der Waals surface area contributed by atoms with Crippen LogP contribution in [0.2, 0.25) is 0 Å². The highest BCUT2D eigenvalue weighted by Gasteiger charge is 2.30. The fourth-order valence-electron chi connectivity index (χ4n) is 2.34. The highest BCUT2D eigenvalue weighted by Crippen LogP contribution is 2.33. The van der Waals surface area contributed by atoms with Crippen LogP contribution in [-0.2, 0) is 4.74 Å². The Hall–Kier alpha value is -0.300. The zero-order valence-electron chi connectivity index (χ0n) is 7.72. The number of hydrogen-bond acceptors (Lipinski definition) is 1. The molecule has 0 N–H and O–H groups in total. The lowest BCUT2D eigenvalue weighted by Gasteiger charge is -2.28. The Balaban J connectivity index is 1.97. The first-order chi connectivity index (χ1) is 5.91. The maximum absolute atomic E-state index is 5.81. The van der Waals surface area contributed by atoms with Gasteiger partial charge in [0.25, 0.3) is 0 Å². The van der Waals surface area contributed by atoms with E-state index in [0.717, 1.165) is 6.61 Å². The van der Waals surface area contributed by atoms with Gasteiger partial charge in [-0.15, -0.1) is 0 Å². The van der Waals surface area contributed by atoms with Gasteiger partial charge >= 0.3 is 0 Å². The molecule has 0 bridgehead atoms. The fourth-order valence-corrected chi connectivity index (χ4v) is 2.34. The van der Waals surface area contributed by atoms with Gasteiger partial charge in [0, 0.05) is 0 Å². The molecule has 0 radical (unpaired) electrons. The van der Waals surface area contributed by atoms with Crippen molar-refractivity contribution in [3.63, 3.8) is 0 Å². The molecule has 1 aliphatic heterocycles. The predicted octanol–water partition coefficient (Wildman–Crippen LogP) is 3.06. The maximum Gasteiger partial charge on any atom is 0.0867 e. The smallest absolute Gasteiger partial charge is 0.0867 e. The molecule has 1 heterocycles. The lowest BCUT2D eigenvalue weighted by Crippen LogP contribution is -2.27. The molecule has 2 aliphatic rings. The van der Waals surface area contributed by atoms with E-state index in [1.54, 1.807) is 0 Å². The first kappa shape index (κ1) is 8.31. The minimum Gasteiger partial charge on any atom is -0.367 e. The molecule has 68 valence electrons. The molecule has 0 saturated heterocycles. The summed E-state index contributed by atoms with van der Waals surface area (Å²) in [6.45, 7) is 0.847. The Morgan fingerprint density at radius 3 is 2.17 bits per heavy atom. The van der Waals surface area contributed by atoms with Crippen LogP contribution in [-0.4, -0.2) is 12.2 Å². The molecule has 1 nitrogen and oxygen atoms in total. The maximum atomic E-state index is 5.81. The Labute approximate surface area is 74.8 Å². The minimum atomic E-state index is 0.167. The molecular formula is C11H18O. The zero-order valence-corrected chi connectivity index (χ0v) is 7.72. The minimum absolute atomic E-state index is 0.167. The van der Waals surface area contributed by atoms with Crippen molar-refractivity contribution in [2.45, 2.75) is 50.5 Å². The molecule has 12 heavy (non-hydrogen) atoms. The van der Waals surface area contributed by atoms with Crippen molar-refractivity contribution in [2.24, 2.45) is 0 Å². The Morgan fingerprint density at radius 2 is 1.58 bits per heavy atom. The van der Waals surface area contributed by atoms with Gasteiger partial charge in [-0.1, -0.05) is 44.3 Å². The molecule has 0 aromatic rings. The van der Waals surface area contributed by atoms with Gasteiger partial charge in [0.05, 0.1) is 12.2 Å². The SMILES string of the molecule is C1=CC2(CCCCCCC2)OC1. The molecule has 1 aliphatic carbocycles. The van der Waals surface area contributed by atoms with Gasteiger partial charge in [0.1, 0.15) is 0 Å². The van der Waals surface area contributed by atoms with Gasteiger partial charge in [0.2, 0.25) is 0 Å². The normalized spacial score (nSPS) is 28.7. The van der Waals surface area contributed by atoms with Crippen LogP contribution < -0.4 is 0 Å². The molecule has 1 spiro atoms. The summed E-state index contributed by atoms with van der Waals surface area (Å²) in [5, 5.41) is 0. The topological polar surface area (TPSA) is 9.23 Å². The van der Waals surface area contributed by atoms with Gasteiger partial charge in [-0.2, -0.15) is 0 Å². The van der Waals surface area contributed by atoms with E-state index in [4.69, 9.17) is 4.74 Å². The van der Waals surface area contributed by atoms with Crippen LogP contribution >= 0.6 is 0 Å². The molecule has 0 unspecified atom stereocenters. The lowest BCUT2D eigenvalue weighted by molar-refractivity contribution is 0.00561. The Bertz CT molecular complexity index is 164. The van der Waals surface area contributed by atoms with Crippen molar-refractivity contribution in [2.75, 3.05) is 6.61 Å². The van der Waals surface area contributed by atoms with E-state index in [-0.39, 0.29) is 5.60 Å². The summed E-state index contributed by atoms with van der Waals surface area (Å²) < 4.78 is 5.81. The van der Waals surface area contributed by atoms with Gasteiger partial charge in [-0.25, -0.2) is 0 Å². The molecule has 1 fully saturated rings. The third-order valence-electron chi connectivity index (χ3n) is 3.09. The second-order valence-electron chi connectivity index (χ2n) is 4.05. The van der Waals surface area contributed by atoms with Crippen LogP contribution in [0.3, 0.4) is 0 Å². The molecular weight excluding hydrogens is 148 g/mol. The molecule has 0 aromatic carbocycles. The summed E-state index contributed by atoms with van der Waals surface area (Å²) in [5.74, 6) is 0. The van der Waals surface area contributed by atoms with E-state index in [9.17, 15) is 0 Å². The highest BCUT2D eigenvalue weighted by atomic mass is 16.5. The Kier molecular flexibility index (Phi) is 2.50. The molecule has 0 atom stereocenters. The van der Waals surface area contributed by atoms with E-state index in [0.29, 0.717) is 0 Å². The molecule has 1 heteroatoms. The van der Waals surface area contributed by atoms with Crippen molar-refractivity contribution in [3.8, 4) is 0 Å². The van der Waals surface area contributed by atoms with Crippen molar-refractivity contribution >= 4 is 0 Å². The van der Waals surface area contributed by atoms with Crippen LogP contribution in [0.15, 0.2) is 12.2 Å². The summed E-state index contributed by atoms with van der Waals surface area (Å²) >= 11 is 0. The molecule has 0 aromatic heterocycles. The standard InChI is InChI=1S/C11H18O/c1-2-4-7-11(8-5-3-1)9-6-10-12-11/h6,9H,1-5,7-8,10H2. The largest absolute Gasteiger partial charge is 0.367 e. The third kappa shape index (κ3) is 1.71. The molecule has 2 rings (SSSR count). The van der Waals surface area contributed by atoms with Crippen LogP contribution in [0.5, 0.6) is 0 Å². The van der Waals surface area contributed by atoms with Crippen LogP contribution in [0, 0.1) is 0 Å². The summed E-state index contributed by atoms with van der Waals surface area (Å²) in [7, 11) is 0. The first-order valence-corrected chi connectivity index (χ1v) is 5.23. The van der Waals surface area contributed by atoms with E-state index in [1.807, 2.05) is 0 Å². The van der Waals surface area contributed by atoms with Gasteiger partial charge < -0.3 is 4.74 Å². The first-order valence-electron chi connectivity index (χ1n) is 5.23. The van der Waals surface area contributed by atoms with Crippen LogP contribution in [0.25, 0.3) is 0 Å². The van der Waals surface area contributed by atoms with E-state index in [1.165, 1.54) is 44.9 Å². The van der Waals surface area contributed by atoms with Crippen molar-refractivity contribution in [1.82, 2.24) is 0 Å². The average molecular weight is 166 g/mol. The number of hydrogen-bond donors (Lipinski definition) is 0. The van der Waals surface area contributed by atoms with Crippen molar-refractivity contribution in [3.05, 3.63) is 12.2 Å². The quantitative estimate of drug-likeness (QED) is 0.502. The Morgan fingerprint density at radius 1 is 0.917 bits per heavy atom. The van der Waals surface area contributed by atoms with E-state index >= 15 is 0 Å². The second-order valence-corrected chi connectivity index (χ2v) is 4.05. The van der Waals surface area contributed by atoms with Gasteiger partial charge in [-0.05, 0) is 12.8 Å². The number of ether oxygens (including phenoxy) is 1. The second kappa shape index (κ2) is 3.61. The van der Waals surface area contributed by atoms with Gasteiger partial charge in [-0.3, -0.25) is 0 Å². The van der Waals surface area contributed by atoms with Crippen molar-refractivity contribution < 1.29 is 4.74 Å². The number of rotatable bonds is 0. The highest BCUT2D eigenvalue weighted by molar-refractivity contribution is 5.07. The summed E-state index contributed by atoms with van der Waals surface area (Å²) in [5.41, 5.74) is 0.167. The van der Waals surface area contributed by atoms with Gasteiger partial charge in [0.15, 0.2) is 0 Å². The molecule has 1 saturated carbocycles. The van der Waals surface area contributed by atoms with E-state index < -0.39 is 0 Å². The lowest BCUT2D eigenvalue weighted by atomic mass is 9.87. The van der Waals surface area contributed by atoms with Crippen LogP contribution in [0.1, 0.15) is 44.9 Å². The molecule has 0 amide bonds. The predicted molar refractivity (Wildman–Crippen MR) is 50.1 cm³/mol. The van der Waals surface area contributed by atoms with Crippen LogP contribution in [0.4, 0.5) is 0 Å². The monoisotopic (exact) mass is 166 g/mol. The fraction of sp³-hybridized carbons (Fsp3) is 0.818. The summed E-state index contributed by atoms with van der Waals surface area (Å²) in [4.78, 5) is 0. The van der Waals surface area contributed by atoms with Crippen molar-refractivity contribution in [1.29, 1.82) is 0 Å².